The molecule has 2 rings (SSSR count). The number of nitrogens with two attached hydrogens (primary N) is 1. The first-order valence-electron chi connectivity index (χ1n) is 5.50. The molecule has 0 spiro atoms. The van der Waals surface area contributed by atoms with E-state index in [1.54, 1.807) is 6.08 Å². The van der Waals surface area contributed by atoms with Gasteiger partial charge in [0.05, 0.1) is 0 Å². The summed E-state index contributed by atoms with van der Waals surface area (Å²) in [4.78, 5) is 0. The maximum Gasteiger partial charge on any atom is 0.127 e. The standard InChI is InChI=1S/C15H15NO/c1-2-11-17-15-10-6-4-8-13(15)12-7-3-5-9-14(12)16/h2-10H,1,11,16H2. The molecule has 0 saturated carbocycles. The Morgan fingerprint density at radius 3 is 2.35 bits per heavy atom. The summed E-state index contributed by atoms with van der Waals surface area (Å²) in [7, 11) is 0. The first-order valence-corrected chi connectivity index (χ1v) is 5.50. The summed E-state index contributed by atoms with van der Waals surface area (Å²) in [6.45, 7) is 4.14. The number of ether oxygens (including phenoxy) is 1. The molecule has 0 radical (unpaired) electrons. The molecule has 0 unspecified atom stereocenters. The van der Waals surface area contributed by atoms with Gasteiger partial charge in [0.25, 0.3) is 0 Å². The Labute approximate surface area is 101 Å². The van der Waals surface area contributed by atoms with Crippen molar-refractivity contribution < 1.29 is 4.74 Å². The minimum atomic E-state index is 0.490. The molecule has 0 atom stereocenters. The number of rotatable bonds is 4. The molecule has 0 heterocycles. The highest BCUT2D eigenvalue weighted by molar-refractivity contribution is 5.80. The Morgan fingerprint density at radius 1 is 1.00 bits per heavy atom. The summed E-state index contributed by atoms with van der Waals surface area (Å²) >= 11 is 0. The van der Waals surface area contributed by atoms with Crippen molar-refractivity contribution in [3.8, 4) is 16.9 Å². The molecule has 0 aliphatic rings. The third-order valence-electron chi connectivity index (χ3n) is 2.49. The van der Waals surface area contributed by atoms with E-state index in [0.29, 0.717) is 6.61 Å². The van der Waals surface area contributed by atoms with Crippen LogP contribution in [-0.4, -0.2) is 6.61 Å². The van der Waals surface area contributed by atoms with Crippen LogP contribution in [-0.2, 0) is 0 Å². The van der Waals surface area contributed by atoms with E-state index in [1.165, 1.54) is 0 Å². The molecule has 2 nitrogen and oxygen atoms in total. The van der Waals surface area contributed by atoms with Gasteiger partial charge < -0.3 is 10.5 Å². The lowest BCUT2D eigenvalue weighted by Crippen LogP contribution is -1.96. The van der Waals surface area contributed by atoms with Gasteiger partial charge in [-0.25, -0.2) is 0 Å². The zero-order chi connectivity index (χ0) is 12.1. The summed E-state index contributed by atoms with van der Waals surface area (Å²) < 4.78 is 5.62. The van der Waals surface area contributed by atoms with E-state index >= 15 is 0 Å². The number of benzene rings is 2. The van der Waals surface area contributed by atoms with Gasteiger partial charge in [-0.3, -0.25) is 0 Å². The number of para-hydroxylation sites is 2. The van der Waals surface area contributed by atoms with Crippen molar-refractivity contribution in [1.82, 2.24) is 0 Å². The third-order valence-corrected chi connectivity index (χ3v) is 2.49. The summed E-state index contributed by atoms with van der Waals surface area (Å²) in [6, 6.07) is 15.6. The van der Waals surface area contributed by atoms with Gasteiger partial charge in [0.1, 0.15) is 12.4 Å². The molecule has 2 aromatic rings. The van der Waals surface area contributed by atoms with Crippen molar-refractivity contribution >= 4 is 5.69 Å². The average molecular weight is 225 g/mol. The van der Waals surface area contributed by atoms with Crippen LogP contribution in [0, 0.1) is 0 Å². The van der Waals surface area contributed by atoms with Gasteiger partial charge in [-0.05, 0) is 12.1 Å². The fraction of sp³-hybridized carbons (Fsp3) is 0.0667. The van der Waals surface area contributed by atoms with Crippen LogP contribution in [0.25, 0.3) is 11.1 Å². The van der Waals surface area contributed by atoms with Gasteiger partial charge in [-0.1, -0.05) is 49.1 Å². The lowest BCUT2D eigenvalue weighted by atomic mass is 10.0. The van der Waals surface area contributed by atoms with E-state index in [9.17, 15) is 0 Å². The second-order valence-electron chi connectivity index (χ2n) is 3.68. The van der Waals surface area contributed by atoms with Crippen LogP contribution in [0.2, 0.25) is 0 Å². The van der Waals surface area contributed by atoms with Crippen molar-refractivity contribution in [2.75, 3.05) is 12.3 Å². The van der Waals surface area contributed by atoms with Gasteiger partial charge in [-0.2, -0.15) is 0 Å². The van der Waals surface area contributed by atoms with Gasteiger partial charge in [0.15, 0.2) is 0 Å². The summed E-state index contributed by atoms with van der Waals surface area (Å²) in [6.07, 6.45) is 1.73. The monoisotopic (exact) mass is 225 g/mol. The Hall–Kier alpha value is -2.22. The van der Waals surface area contributed by atoms with Gasteiger partial charge in [-0.15, -0.1) is 0 Å². The van der Waals surface area contributed by atoms with Crippen molar-refractivity contribution in [2.24, 2.45) is 0 Å². The fourth-order valence-electron chi connectivity index (χ4n) is 1.71. The quantitative estimate of drug-likeness (QED) is 0.638. The van der Waals surface area contributed by atoms with Gasteiger partial charge >= 0.3 is 0 Å². The third kappa shape index (κ3) is 2.48. The number of nitrogen functional groups attached to an aromatic ring is 1. The largest absolute Gasteiger partial charge is 0.489 e. The molecule has 86 valence electrons. The Bertz CT molecular complexity index is 520. The van der Waals surface area contributed by atoms with Gasteiger partial charge in [0.2, 0.25) is 0 Å². The molecule has 0 aliphatic carbocycles. The van der Waals surface area contributed by atoms with Gasteiger partial charge in [0, 0.05) is 16.8 Å². The number of anilines is 1. The molecule has 2 N–H and O–H groups in total. The minimum absolute atomic E-state index is 0.490. The van der Waals surface area contributed by atoms with Crippen LogP contribution in [0.5, 0.6) is 5.75 Å². The van der Waals surface area contributed by atoms with E-state index in [2.05, 4.69) is 6.58 Å². The summed E-state index contributed by atoms with van der Waals surface area (Å²) in [5.74, 6) is 0.824. The predicted molar refractivity (Wildman–Crippen MR) is 72.0 cm³/mol. The molecule has 0 aromatic heterocycles. The number of hydrogen-bond acceptors (Lipinski definition) is 2. The first-order chi connectivity index (χ1) is 8.33. The fourth-order valence-corrected chi connectivity index (χ4v) is 1.71. The molecule has 17 heavy (non-hydrogen) atoms. The molecule has 0 fully saturated rings. The smallest absolute Gasteiger partial charge is 0.127 e. The summed E-state index contributed by atoms with van der Waals surface area (Å²) in [5, 5.41) is 0. The molecular weight excluding hydrogens is 210 g/mol. The molecule has 2 aromatic carbocycles. The molecule has 0 bridgehead atoms. The van der Waals surface area contributed by atoms with Crippen LogP contribution >= 0.6 is 0 Å². The average Bonchev–Trinajstić information content (AvgIpc) is 2.37. The zero-order valence-corrected chi connectivity index (χ0v) is 9.60. The predicted octanol–water partition coefficient (Wildman–Crippen LogP) is 3.50. The highest BCUT2D eigenvalue weighted by Crippen LogP contribution is 2.33. The molecule has 0 saturated heterocycles. The van der Waals surface area contributed by atoms with E-state index in [-0.39, 0.29) is 0 Å². The zero-order valence-electron chi connectivity index (χ0n) is 9.60. The number of hydrogen-bond donors (Lipinski definition) is 1. The lowest BCUT2D eigenvalue weighted by Gasteiger charge is -2.11. The second-order valence-corrected chi connectivity index (χ2v) is 3.68. The SMILES string of the molecule is C=CCOc1ccccc1-c1ccccc1N. The van der Waals surface area contributed by atoms with Crippen LogP contribution < -0.4 is 10.5 Å². The summed E-state index contributed by atoms with van der Waals surface area (Å²) in [5.41, 5.74) is 8.73. The topological polar surface area (TPSA) is 35.2 Å². The molecule has 0 aliphatic heterocycles. The van der Waals surface area contributed by atoms with Crippen molar-refractivity contribution in [2.45, 2.75) is 0 Å². The van der Waals surface area contributed by atoms with Crippen molar-refractivity contribution in [1.29, 1.82) is 0 Å². The van der Waals surface area contributed by atoms with E-state index in [0.717, 1.165) is 22.6 Å². The van der Waals surface area contributed by atoms with Crippen molar-refractivity contribution in [3.05, 3.63) is 61.2 Å². The second kappa shape index (κ2) is 5.21. The van der Waals surface area contributed by atoms with Crippen LogP contribution in [0.1, 0.15) is 0 Å². The van der Waals surface area contributed by atoms with Crippen LogP contribution in [0.15, 0.2) is 61.2 Å². The molecule has 2 heteroatoms. The molecular formula is C15H15NO. The maximum absolute atomic E-state index is 5.97. The first kappa shape index (κ1) is 11.3. The Balaban J connectivity index is 2.44. The maximum atomic E-state index is 5.97. The Morgan fingerprint density at radius 2 is 1.65 bits per heavy atom. The van der Waals surface area contributed by atoms with Crippen molar-refractivity contribution in [3.63, 3.8) is 0 Å². The normalized spacial score (nSPS) is 9.88. The highest BCUT2D eigenvalue weighted by Gasteiger charge is 2.07. The van der Waals surface area contributed by atoms with E-state index < -0.39 is 0 Å². The van der Waals surface area contributed by atoms with E-state index in [1.807, 2.05) is 48.5 Å². The lowest BCUT2D eigenvalue weighted by molar-refractivity contribution is 0.365. The highest BCUT2D eigenvalue weighted by atomic mass is 16.5. The van der Waals surface area contributed by atoms with Crippen LogP contribution in [0.4, 0.5) is 5.69 Å². The minimum Gasteiger partial charge on any atom is -0.489 e. The Kier molecular flexibility index (Phi) is 3.46. The molecule has 0 amide bonds. The van der Waals surface area contributed by atoms with E-state index in [4.69, 9.17) is 10.5 Å². The van der Waals surface area contributed by atoms with Crippen LogP contribution in [0.3, 0.4) is 0 Å².